The van der Waals surface area contributed by atoms with Gasteiger partial charge in [-0.15, -0.1) is 0 Å². The summed E-state index contributed by atoms with van der Waals surface area (Å²) >= 11 is 0. The molecule has 0 aromatic heterocycles. The third kappa shape index (κ3) is 5.80. The van der Waals surface area contributed by atoms with Crippen molar-refractivity contribution in [2.75, 3.05) is 50.7 Å². The molecule has 2 saturated heterocycles. The number of carbonyl (C=O) groups excluding carboxylic acids is 1. The normalized spacial score (nSPS) is 19.4. The number of benzene rings is 3. The van der Waals surface area contributed by atoms with Gasteiger partial charge in [0.15, 0.2) is 0 Å². The van der Waals surface area contributed by atoms with Crippen molar-refractivity contribution in [2.45, 2.75) is 33.0 Å². The van der Waals surface area contributed by atoms with E-state index >= 15 is 0 Å². The maximum absolute atomic E-state index is 14.0. The number of amides is 1. The minimum Gasteiger partial charge on any atom is -0.368 e. The highest BCUT2D eigenvalue weighted by molar-refractivity contribution is 5.82. The average molecular weight is 483 g/mol. The minimum absolute atomic E-state index is 0.116. The smallest absolute Gasteiger partial charge is 0.241 e. The van der Waals surface area contributed by atoms with E-state index < -0.39 is 0 Å². The van der Waals surface area contributed by atoms with E-state index in [-0.39, 0.29) is 11.9 Å². The Morgan fingerprint density at radius 2 is 1.39 bits per heavy atom. The predicted octanol–water partition coefficient (Wildman–Crippen LogP) is 4.34. The highest BCUT2D eigenvalue weighted by atomic mass is 16.2. The van der Waals surface area contributed by atoms with E-state index in [0.717, 1.165) is 58.9 Å². The highest BCUT2D eigenvalue weighted by Crippen LogP contribution is 2.24. The first-order valence-electron chi connectivity index (χ1n) is 13.2. The molecule has 0 N–H and O–H groups in total. The summed E-state index contributed by atoms with van der Waals surface area (Å²) in [6, 6.07) is 27.7. The van der Waals surface area contributed by atoms with Gasteiger partial charge in [-0.05, 0) is 42.2 Å². The maximum Gasteiger partial charge on any atom is 0.241 e. The third-order valence-corrected chi connectivity index (χ3v) is 7.63. The van der Waals surface area contributed by atoms with Crippen molar-refractivity contribution < 1.29 is 4.79 Å². The van der Waals surface area contributed by atoms with Crippen molar-refractivity contribution in [1.29, 1.82) is 0 Å². The number of hydrogen-bond acceptors (Lipinski definition) is 4. The fourth-order valence-corrected chi connectivity index (χ4v) is 5.54. The van der Waals surface area contributed by atoms with Crippen LogP contribution in [0.3, 0.4) is 0 Å². The Morgan fingerprint density at radius 1 is 0.750 bits per heavy atom. The summed E-state index contributed by atoms with van der Waals surface area (Å²) in [7, 11) is 0. The van der Waals surface area contributed by atoms with E-state index in [1.54, 1.807) is 0 Å². The zero-order chi connectivity index (χ0) is 24.9. The molecule has 0 aliphatic carbocycles. The molecule has 5 nitrogen and oxygen atoms in total. The quantitative estimate of drug-likeness (QED) is 0.523. The zero-order valence-corrected chi connectivity index (χ0v) is 21.6. The van der Waals surface area contributed by atoms with Crippen LogP contribution in [0.1, 0.15) is 22.3 Å². The standard InChI is InChI=1S/C31H38N4O/c1-25-13-14-26(2)29(21-25)33-17-19-34(20-18-33)31(36)30-24-32(22-27-9-5-3-6-10-27)15-16-35(30)23-28-11-7-4-8-12-28/h3-14,21,30H,15-20,22-24H2,1-2H3. The first-order valence-corrected chi connectivity index (χ1v) is 13.2. The molecule has 2 fully saturated rings. The summed E-state index contributed by atoms with van der Waals surface area (Å²) in [5, 5.41) is 0. The molecule has 5 heteroatoms. The van der Waals surface area contributed by atoms with Gasteiger partial charge in [0.05, 0.1) is 0 Å². The van der Waals surface area contributed by atoms with Crippen molar-refractivity contribution >= 4 is 11.6 Å². The van der Waals surface area contributed by atoms with Gasteiger partial charge in [-0.2, -0.15) is 0 Å². The van der Waals surface area contributed by atoms with Crippen molar-refractivity contribution in [2.24, 2.45) is 0 Å². The van der Waals surface area contributed by atoms with Gasteiger partial charge >= 0.3 is 0 Å². The highest BCUT2D eigenvalue weighted by Gasteiger charge is 2.36. The number of piperazine rings is 2. The molecule has 2 heterocycles. The fourth-order valence-electron chi connectivity index (χ4n) is 5.54. The van der Waals surface area contributed by atoms with E-state index in [4.69, 9.17) is 0 Å². The van der Waals surface area contributed by atoms with Gasteiger partial charge in [0.1, 0.15) is 6.04 Å². The lowest BCUT2D eigenvalue weighted by atomic mass is 10.1. The second kappa shape index (κ2) is 11.3. The topological polar surface area (TPSA) is 30.0 Å². The van der Waals surface area contributed by atoms with Crippen LogP contribution in [-0.4, -0.2) is 72.5 Å². The van der Waals surface area contributed by atoms with Crippen LogP contribution < -0.4 is 4.90 Å². The molecule has 1 atom stereocenters. The lowest BCUT2D eigenvalue weighted by molar-refractivity contribution is -0.140. The molecule has 5 rings (SSSR count). The van der Waals surface area contributed by atoms with Gasteiger partial charge in [-0.3, -0.25) is 14.6 Å². The number of nitrogens with zero attached hydrogens (tertiary/aromatic N) is 4. The molecule has 1 amide bonds. The van der Waals surface area contributed by atoms with Crippen LogP contribution in [0.2, 0.25) is 0 Å². The van der Waals surface area contributed by atoms with E-state index in [2.05, 4.69) is 112 Å². The first kappa shape index (κ1) is 24.5. The van der Waals surface area contributed by atoms with E-state index in [0.29, 0.717) is 0 Å². The van der Waals surface area contributed by atoms with Crippen LogP contribution in [0, 0.1) is 13.8 Å². The minimum atomic E-state index is -0.116. The van der Waals surface area contributed by atoms with Gasteiger partial charge in [-0.1, -0.05) is 72.8 Å². The van der Waals surface area contributed by atoms with Crippen LogP contribution in [0.15, 0.2) is 78.9 Å². The van der Waals surface area contributed by atoms with Gasteiger partial charge in [-0.25, -0.2) is 0 Å². The number of aryl methyl sites for hydroxylation is 2. The summed E-state index contributed by atoms with van der Waals surface area (Å²) in [6.07, 6.45) is 0. The molecular weight excluding hydrogens is 444 g/mol. The Hall–Kier alpha value is -3.15. The molecule has 0 bridgehead atoms. The molecule has 36 heavy (non-hydrogen) atoms. The third-order valence-electron chi connectivity index (χ3n) is 7.63. The Balaban J connectivity index is 1.28. The zero-order valence-electron chi connectivity index (χ0n) is 21.6. The van der Waals surface area contributed by atoms with Gasteiger partial charge in [0.25, 0.3) is 0 Å². The molecule has 0 radical (unpaired) electrons. The van der Waals surface area contributed by atoms with E-state index in [1.807, 2.05) is 0 Å². The Morgan fingerprint density at radius 3 is 2.06 bits per heavy atom. The van der Waals surface area contributed by atoms with Crippen LogP contribution in [-0.2, 0) is 17.9 Å². The SMILES string of the molecule is Cc1ccc(C)c(N2CCN(C(=O)C3CN(Cc4ccccc4)CCN3Cc3ccccc3)CC2)c1. The summed E-state index contributed by atoms with van der Waals surface area (Å²) in [6.45, 7) is 12.0. The number of rotatable bonds is 6. The second-order valence-electron chi connectivity index (χ2n) is 10.3. The van der Waals surface area contributed by atoms with Crippen LogP contribution >= 0.6 is 0 Å². The maximum atomic E-state index is 14.0. The summed E-state index contributed by atoms with van der Waals surface area (Å²) in [4.78, 5) is 23.4. The van der Waals surface area contributed by atoms with Crippen LogP contribution in [0.4, 0.5) is 5.69 Å². The molecule has 188 valence electrons. The van der Waals surface area contributed by atoms with Crippen LogP contribution in [0.5, 0.6) is 0 Å². The number of carbonyl (C=O) groups is 1. The Labute approximate surface area is 215 Å². The molecule has 3 aromatic carbocycles. The fraction of sp³-hybridized carbons (Fsp3) is 0.387. The summed E-state index contributed by atoms with van der Waals surface area (Å²) in [5.74, 6) is 0.282. The van der Waals surface area contributed by atoms with Gasteiger partial charge in [0.2, 0.25) is 5.91 Å². The summed E-state index contributed by atoms with van der Waals surface area (Å²) in [5.41, 5.74) is 6.47. The molecular formula is C31H38N4O. The second-order valence-corrected chi connectivity index (χ2v) is 10.3. The van der Waals surface area contributed by atoms with Crippen molar-refractivity contribution in [3.8, 4) is 0 Å². The van der Waals surface area contributed by atoms with Crippen LogP contribution in [0.25, 0.3) is 0 Å². The Bertz CT molecular complexity index is 1140. The molecule has 3 aromatic rings. The number of anilines is 1. The number of hydrogen-bond donors (Lipinski definition) is 0. The Kier molecular flexibility index (Phi) is 7.69. The van der Waals surface area contributed by atoms with Gasteiger partial charge in [0, 0.05) is 64.6 Å². The average Bonchev–Trinajstić information content (AvgIpc) is 2.92. The molecule has 2 aliphatic heterocycles. The molecule has 0 spiro atoms. The van der Waals surface area contributed by atoms with Gasteiger partial charge < -0.3 is 9.80 Å². The van der Waals surface area contributed by atoms with Crippen molar-refractivity contribution in [3.63, 3.8) is 0 Å². The van der Waals surface area contributed by atoms with Crippen molar-refractivity contribution in [3.05, 3.63) is 101 Å². The van der Waals surface area contributed by atoms with E-state index in [9.17, 15) is 4.79 Å². The lowest BCUT2D eigenvalue weighted by Gasteiger charge is -2.44. The van der Waals surface area contributed by atoms with E-state index in [1.165, 1.54) is 27.9 Å². The molecule has 1 unspecified atom stereocenters. The first-order chi connectivity index (χ1) is 17.6. The molecule has 0 saturated carbocycles. The van der Waals surface area contributed by atoms with Crippen molar-refractivity contribution in [1.82, 2.24) is 14.7 Å². The molecule has 2 aliphatic rings. The lowest BCUT2D eigenvalue weighted by Crippen LogP contribution is -2.61. The predicted molar refractivity (Wildman–Crippen MR) is 147 cm³/mol. The largest absolute Gasteiger partial charge is 0.368 e. The monoisotopic (exact) mass is 482 g/mol. The summed E-state index contributed by atoms with van der Waals surface area (Å²) < 4.78 is 0.